The van der Waals surface area contributed by atoms with Crippen LogP contribution < -0.4 is 15.6 Å². The lowest BCUT2D eigenvalue weighted by atomic mass is 10.3. The fourth-order valence-electron chi connectivity index (χ4n) is 1.00. The fourth-order valence-corrected chi connectivity index (χ4v) is 1.27. The van der Waals surface area contributed by atoms with Crippen LogP contribution in [0, 0.1) is 0 Å². The molecule has 0 aromatic heterocycles. The quantitative estimate of drug-likeness (QED) is 0.827. The van der Waals surface area contributed by atoms with Crippen LogP contribution in [0.4, 0.5) is 4.79 Å². The maximum absolute atomic E-state index is 11.3. The Morgan fingerprint density at radius 1 is 1.22 bits per heavy atom. The van der Waals surface area contributed by atoms with Gasteiger partial charge in [-0.1, -0.05) is 15.9 Å². The minimum Gasteiger partial charge on any atom is -0.484 e. The van der Waals surface area contributed by atoms with Crippen molar-refractivity contribution in [1.29, 1.82) is 0 Å². The molecule has 0 fully saturated rings. The average molecular weight is 317 g/mol. The van der Waals surface area contributed by atoms with Crippen LogP contribution in [0.1, 0.15) is 6.92 Å². The van der Waals surface area contributed by atoms with E-state index in [9.17, 15) is 9.59 Å². The monoisotopic (exact) mass is 316 g/mol. The second-order valence-corrected chi connectivity index (χ2v) is 4.05. The lowest BCUT2D eigenvalue weighted by Crippen LogP contribution is -2.44. The van der Waals surface area contributed by atoms with Gasteiger partial charge in [-0.25, -0.2) is 10.2 Å². The third kappa shape index (κ3) is 5.53. The van der Waals surface area contributed by atoms with Crippen molar-refractivity contribution in [3.63, 3.8) is 0 Å². The van der Waals surface area contributed by atoms with E-state index in [2.05, 4.69) is 31.5 Å². The van der Waals surface area contributed by atoms with Crippen LogP contribution >= 0.6 is 15.9 Å². The topological polar surface area (TPSA) is 76.7 Å². The van der Waals surface area contributed by atoms with Crippen LogP contribution in [0.2, 0.25) is 0 Å². The van der Waals surface area contributed by atoms with Crippen molar-refractivity contribution in [2.24, 2.45) is 0 Å². The number of carbonyl (C=O) groups excluding carboxylic acids is 2. The summed E-state index contributed by atoms with van der Waals surface area (Å²) in [5, 5.41) is 0. The SMILES string of the molecule is CCOC(=O)NNC(=O)COc1ccc(Br)cc1. The predicted octanol–water partition coefficient (Wildman–Crippen LogP) is 1.61. The highest BCUT2D eigenvalue weighted by Gasteiger charge is 2.05. The van der Waals surface area contributed by atoms with Crippen molar-refractivity contribution in [2.45, 2.75) is 6.92 Å². The molecule has 0 radical (unpaired) electrons. The molecule has 2 N–H and O–H groups in total. The number of carbonyl (C=O) groups is 2. The van der Waals surface area contributed by atoms with E-state index in [0.29, 0.717) is 5.75 Å². The fraction of sp³-hybridized carbons (Fsp3) is 0.273. The highest BCUT2D eigenvalue weighted by Crippen LogP contribution is 2.15. The Morgan fingerprint density at radius 2 is 1.89 bits per heavy atom. The minimum absolute atomic E-state index is 0.200. The van der Waals surface area contributed by atoms with Crippen molar-refractivity contribution in [2.75, 3.05) is 13.2 Å². The maximum Gasteiger partial charge on any atom is 0.426 e. The van der Waals surface area contributed by atoms with Gasteiger partial charge < -0.3 is 9.47 Å². The molecule has 6 nitrogen and oxygen atoms in total. The molecular weight excluding hydrogens is 304 g/mol. The van der Waals surface area contributed by atoms with Crippen molar-refractivity contribution in [1.82, 2.24) is 10.9 Å². The van der Waals surface area contributed by atoms with Gasteiger partial charge in [0.05, 0.1) is 6.61 Å². The zero-order chi connectivity index (χ0) is 13.4. The van der Waals surface area contributed by atoms with Crippen LogP contribution in [0.5, 0.6) is 5.75 Å². The highest BCUT2D eigenvalue weighted by molar-refractivity contribution is 9.10. The molecule has 0 saturated carbocycles. The third-order valence-electron chi connectivity index (χ3n) is 1.76. The number of hydrogen-bond acceptors (Lipinski definition) is 4. The van der Waals surface area contributed by atoms with Gasteiger partial charge in [0.2, 0.25) is 0 Å². The number of ether oxygens (including phenoxy) is 2. The van der Waals surface area contributed by atoms with E-state index in [1.165, 1.54) is 0 Å². The molecule has 1 aromatic carbocycles. The van der Waals surface area contributed by atoms with Crippen LogP contribution in [0.15, 0.2) is 28.7 Å². The number of rotatable bonds is 4. The van der Waals surface area contributed by atoms with Crippen LogP contribution in [-0.2, 0) is 9.53 Å². The zero-order valence-electron chi connectivity index (χ0n) is 9.73. The standard InChI is InChI=1S/C11H13BrN2O4/c1-2-17-11(16)14-13-10(15)7-18-9-5-3-8(12)4-6-9/h3-6H,2,7H2,1H3,(H,13,15)(H,14,16). The lowest BCUT2D eigenvalue weighted by molar-refractivity contribution is -0.123. The molecule has 7 heteroatoms. The van der Waals surface area contributed by atoms with E-state index < -0.39 is 12.0 Å². The van der Waals surface area contributed by atoms with Crippen LogP contribution in [0.25, 0.3) is 0 Å². The Morgan fingerprint density at radius 3 is 2.50 bits per heavy atom. The molecule has 0 aliphatic heterocycles. The molecule has 0 aliphatic rings. The van der Waals surface area contributed by atoms with Gasteiger partial charge in [0, 0.05) is 4.47 Å². The number of hydrogen-bond donors (Lipinski definition) is 2. The van der Waals surface area contributed by atoms with E-state index in [4.69, 9.17) is 4.74 Å². The number of amides is 2. The van der Waals surface area contributed by atoms with Crippen molar-refractivity contribution >= 4 is 27.9 Å². The summed E-state index contributed by atoms with van der Waals surface area (Å²) >= 11 is 3.28. The minimum atomic E-state index is -0.713. The Labute approximate surface area is 113 Å². The van der Waals surface area contributed by atoms with E-state index in [1.54, 1.807) is 31.2 Å². The maximum atomic E-state index is 11.3. The van der Waals surface area contributed by atoms with Crippen LogP contribution in [-0.4, -0.2) is 25.2 Å². The summed E-state index contributed by atoms with van der Waals surface area (Å²) in [4.78, 5) is 22.1. The first-order valence-electron chi connectivity index (χ1n) is 5.21. The predicted molar refractivity (Wildman–Crippen MR) is 67.9 cm³/mol. The van der Waals surface area contributed by atoms with Gasteiger partial charge >= 0.3 is 6.09 Å². The number of nitrogens with one attached hydrogen (secondary N) is 2. The summed E-state index contributed by atoms with van der Waals surface area (Å²) in [6, 6.07) is 7.03. The first-order chi connectivity index (χ1) is 8.61. The Kier molecular flexibility index (Phi) is 5.99. The summed E-state index contributed by atoms with van der Waals surface area (Å²) in [7, 11) is 0. The molecule has 0 unspecified atom stereocenters. The first-order valence-corrected chi connectivity index (χ1v) is 6.01. The molecule has 0 bridgehead atoms. The number of halogens is 1. The Bertz CT molecular complexity index is 408. The summed E-state index contributed by atoms with van der Waals surface area (Å²) < 4.78 is 10.7. The molecular formula is C11H13BrN2O4. The van der Waals surface area contributed by atoms with Gasteiger partial charge in [0.1, 0.15) is 5.75 Å². The molecule has 0 spiro atoms. The second kappa shape index (κ2) is 7.54. The molecule has 1 aromatic rings. The summed E-state index contributed by atoms with van der Waals surface area (Å²) in [6.07, 6.45) is -0.713. The van der Waals surface area contributed by atoms with Crippen molar-refractivity contribution in [3.8, 4) is 5.75 Å². The number of benzene rings is 1. The molecule has 0 heterocycles. The molecule has 0 saturated heterocycles. The van der Waals surface area contributed by atoms with Gasteiger partial charge in [-0.15, -0.1) is 0 Å². The van der Waals surface area contributed by atoms with E-state index in [0.717, 1.165) is 4.47 Å². The smallest absolute Gasteiger partial charge is 0.426 e. The van der Waals surface area contributed by atoms with Gasteiger partial charge in [-0.2, -0.15) is 0 Å². The molecule has 1 rings (SSSR count). The van der Waals surface area contributed by atoms with Gasteiger partial charge in [-0.3, -0.25) is 10.2 Å². The van der Waals surface area contributed by atoms with Gasteiger partial charge in [-0.05, 0) is 31.2 Å². The summed E-state index contributed by atoms with van der Waals surface area (Å²) in [5.74, 6) is 0.0791. The van der Waals surface area contributed by atoms with Gasteiger partial charge in [0.15, 0.2) is 6.61 Å². The van der Waals surface area contributed by atoms with E-state index >= 15 is 0 Å². The highest BCUT2D eigenvalue weighted by atomic mass is 79.9. The molecule has 98 valence electrons. The van der Waals surface area contributed by atoms with Crippen molar-refractivity contribution < 1.29 is 19.1 Å². The normalized spacial score (nSPS) is 9.44. The molecule has 0 atom stereocenters. The summed E-state index contributed by atoms with van der Waals surface area (Å²) in [6.45, 7) is 1.70. The van der Waals surface area contributed by atoms with Gasteiger partial charge in [0.25, 0.3) is 5.91 Å². The largest absolute Gasteiger partial charge is 0.484 e. The Hall–Kier alpha value is -1.76. The summed E-state index contributed by atoms with van der Waals surface area (Å²) in [5.41, 5.74) is 4.23. The molecule has 2 amide bonds. The molecule has 18 heavy (non-hydrogen) atoms. The third-order valence-corrected chi connectivity index (χ3v) is 2.29. The first kappa shape index (κ1) is 14.3. The van der Waals surface area contributed by atoms with E-state index in [-0.39, 0.29) is 13.2 Å². The van der Waals surface area contributed by atoms with E-state index in [1.807, 2.05) is 0 Å². The number of hydrazine groups is 1. The lowest BCUT2D eigenvalue weighted by Gasteiger charge is -2.08. The Balaban J connectivity index is 2.24. The molecule has 0 aliphatic carbocycles. The van der Waals surface area contributed by atoms with Crippen LogP contribution in [0.3, 0.4) is 0 Å². The second-order valence-electron chi connectivity index (χ2n) is 3.14. The van der Waals surface area contributed by atoms with Crippen molar-refractivity contribution in [3.05, 3.63) is 28.7 Å². The average Bonchev–Trinajstić information content (AvgIpc) is 2.36. The zero-order valence-corrected chi connectivity index (χ0v) is 11.3.